The van der Waals surface area contributed by atoms with Crippen LogP contribution >= 0.6 is 0 Å². The Labute approximate surface area is 131 Å². The lowest BCUT2D eigenvalue weighted by atomic mass is 10.3. The number of hydrogen-bond acceptors (Lipinski definition) is 3. The smallest absolute Gasteiger partial charge is 0.243 e. The normalized spacial score (nSPS) is 19.2. The van der Waals surface area contributed by atoms with E-state index in [1.54, 1.807) is 20.2 Å². The molecule has 0 spiro atoms. The van der Waals surface area contributed by atoms with Crippen molar-refractivity contribution < 1.29 is 9.59 Å². The molecule has 1 heterocycles. The Morgan fingerprint density at radius 2 is 2.18 bits per heavy atom. The van der Waals surface area contributed by atoms with Gasteiger partial charge in [-0.15, -0.1) is 6.58 Å². The highest BCUT2D eigenvalue weighted by Gasteiger charge is 2.36. The van der Waals surface area contributed by atoms with Crippen LogP contribution in [-0.2, 0) is 9.59 Å². The van der Waals surface area contributed by atoms with Crippen molar-refractivity contribution in [1.29, 1.82) is 0 Å². The van der Waals surface area contributed by atoms with Gasteiger partial charge in [-0.3, -0.25) is 9.59 Å². The van der Waals surface area contributed by atoms with Crippen molar-refractivity contribution in [2.75, 3.05) is 46.8 Å². The third kappa shape index (κ3) is 4.22. The van der Waals surface area contributed by atoms with E-state index in [4.69, 9.17) is 0 Å². The molecule has 0 aromatic rings. The molecule has 1 aliphatic carbocycles. The summed E-state index contributed by atoms with van der Waals surface area (Å²) in [7, 11) is 3.40. The Morgan fingerprint density at radius 1 is 1.45 bits per heavy atom. The van der Waals surface area contributed by atoms with Gasteiger partial charge in [0.05, 0.1) is 6.54 Å². The molecular formula is C15H25N5O2. The van der Waals surface area contributed by atoms with Crippen molar-refractivity contribution in [3.63, 3.8) is 0 Å². The standard InChI is InChI=1S/C15H25N5O2/c1-4-7-16-15(17-10-13(21)18(2)3)19-8-9-20(12-5-6-12)14(22)11-19/h4,12H,1,5-11H2,2-3H3,(H,16,17). The summed E-state index contributed by atoms with van der Waals surface area (Å²) in [5.74, 6) is 0.667. The first-order valence-electron chi connectivity index (χ1n) is 7.66. The van der Waals surface area contributed by atoms with Gasteiger partial charge in [0.1, 0.15) is 6.54 Å². The van der Waals surface area contributed by atoms with Crippen molar-refractivity contribution in [2.24, 2.45) is 4.99 Å². The second-order valence-electron chi connectivity index (χ2n) is 5.84. The monoisotopic (exact) mass is 307 g/mol. The van der Waals surface area contributed by atoms with Crippen LogP contribution in [0.3, 0.4) is 0 Å². The fourth-order valence-electron chi connectivity index (χ4n) is 2.35. The van der Waals surface area contributed by atoms with E-state index < -0.39 is 0 Å². The second-order valence-corrected chi connectivity index (χ2v) is 5.84. The van der Waals surface area contributed by atoms with Gasteiger partial charge in [-0.25, -0.2) is 4.99 Å². The number of piperazine rings is 1. The zero-order valence-corrected chi connectivity index (χ0v) is 13.4. The minimum absolute atomic E-state index is 0.0687. The fourth-order valence-corrected chi connectivity index (χ4v) is 2.35. The second kappa shape index (κ2) is 7.29. The van der Waals surface area contributed by atoms with Crippen molar-refractivity contribution in [1.82, 2.24) is 20.0 Å². The van der Waals surface area contributed by atoms with E-state index in [9.17, 15) is 9.59 Å². The molecule has 7 nitrogen and oxygen atoms in total. The molecule has 1 N–H and O–H groups in total. The lowest BCUT2D eigenvalue weighted by Crippen LogP contribution is -2.55. The number of carbonyl (C=O) groups is 2. The first-order chi connectivity index (χ1) is 10.5. The van der Waals surface area contributed by atoms with Gasteiger partial charge in [0.15, 0.2) is 5.96 Å². The quantitative estimate of drug-likeness (QED) is 0.423. The number of likely N-dealkylation sites (N-methyl/N-ethyl adjacent to an activating group) is 1. The largest absolute Gasteiger partial charge is 0.353 e. The average Bonchev–Trinajstić information content (AvgIpc) is 3.31. The molecule has 0 bridgehead atoms. The number of rotatable bonds is 5. The van der Waals surface area contributed by atoms with E-state index in [1.165, 1.54) is 4.90 Å². The molecule has 0 unspecified atom stereocenters. The number of nitrogens with zero attached hydrogens (tertiary/aromatic N) is 4. The van der Waals surface area contributed by atoms with Crippen LogP contribution in [0.2, 0.25) is 0 Å². The van der Waals surface area contributed by atoms with E-state index >= 15 is 0 Å². The molecule has 2 rings (SSSR count). The summed E-state index contributed by atoms with van der Waals surface area (Å²) >= 11 is 0. The molecule has 0 aromatic carbocycles. The molecule has 1 saturated carbocycles. The molecule has 22 heavy (non-hydrogen) atoms. The zero-order valence-electron chi connectivity index (χ0n) is 13.4. The third-order valence-corrected chi connectivity index (χ3v) is 3.81. The van der Waals surface area contributed by atoms with E-state index in [-0.39, 0.29) is 18.4 Å². The lowest BCUT2D eigenvalue weighted by Gasteiger charge is -2.36. The van der Waals surface area contributed by atoms with Gasteiger partial charge in [-0.2, -0.15) is 0 Å². The van der Waals surface area contributed by atoms with Gasteiger partial charge in [0.2, 0.25) is 11.8 Å². The van der Waals surface area contributed by atoms with Gasteiger partial charge < -0.3 is 20.0 Å². The summed E-state index contributed by atoms with van der Waals surface area (Å²) in [4.78, 5) is 33.6. The Morgan fingerprint density at radius 3 is 2.73 bits per heavy atom. The van der Waals surface area contributed by atoms with E-state index in [0.717, 1.165) is 25.9 Å². The fraction of sp³-hybridized carbons (Fsp3) is 0.667. The van der Waals surface area contributed by atoms with Crippen molar-refractivity contribution in [3.05, 3.63) is 12.7 Å². The van der Waals surface area contributed by atoms with Gasteiger partial charge in [-0.1, -0.05) is 6.08 Å². The van der Waals surface area contributed by atoms with Crippen LogP contribution in [0.1, 0.15) is 12.8 Å². The van der Waals surface area contributed by atoms with Crippen LogP contribution in [0, 0.1) is 0 Å². The summed E-state index contributed by atoms with van der Waals surface area (Å²) in [6, 6.07) is 0.450. The summed E-state index contributed by atoms with van der Waals surface area (Å²) in [5, 5.41) is 3.13. The first-order valence-corrected chi connectivity index (χ1v) is 7.66. The molecular weight excluding hydrogens is 282 g/mol. The molecule has 122 valence electrons. The highest BCUT2D eigenvalue weighted by molar-refractivity contribution is 5.89. The number of hydrogen-bond donors (Lipinski definition) is 1. The maximum Gasteiger partial charge on any atom is 0.243 e. The first kappa shape index (κ1) is 16.3. The molecule has 2 amide bonds. The number of amides is 2. The molecule has 1 saturated heterocycles. The SMILES string of the molecule is C=CCNC(=NCC(=O)N(C)C)N1CCN(C2CC2)C(=O)C1. The number of carbonyl (C=O) groups excluding carboxylic acids is 2. The van der Waals surface area contributed by atoms with E-state index in [2.05, 4.69) is 16.9 Å². The van der Waals surface area contributed by atoms with Crippen LogP contribution in [0.25, 0.3) is 0 Å². The Balaban J connectivity index is 1.98. The van der Waals surface area contributed by atoms with Gasteiger partial charge in [0, 0.05) is 39.8 Å². The summed E-state index contributed by atoms with van der Waals surface area (Å²) in [6.45, 7) is 6.07. The predicted octanol–water partition coefficient (Wildman–Crippen LogP) is -0.487. The minimum Gasteiger partial charge on any atom is -0.353 e. The number of aliphatic imine (C=N–C) groups is 1. The van der Waals surface area contributed by atoms with Gasteiger partial charge in [-0.05, 0) is 12.8 Å². The summed E-state index contributed by atoms with van der Waals surface area (Å²) in [6.07, 6.45) is 3.98. The van der Waals surface area contributed by atoms with Crippen LogP contribution in [0.5, 0.6) is 0 Å². The number of guanidine groups is 1. The average molecular weight is 307 g/mol. The topological polar surface area (TPSA) is 68.2 Å². The Kier molecular flexibility index (Phi) is 5.41. The molecule has 0 aromatic heterocycles. The number of nitrogens with one attached hydrogen (secondary N) is 1. The maximum absolute atomic E-state index is 12.2. The van der Waals surface area contributed by atoms with Crippen LogP contribution in [0.15, 0.2) is 17.6 Å². The van der Waals surface area contributed by atoms with Crippen molar-refractivity contribution in [3.8, 4) is 0 Å². The van der Waals surface area contributed by atoms with Crippen LogP contribution in [-0.4, -0.2) is 85.3 Å². The molecule has 2 aliphatic rings. The molecule has 1 aliphatic heterocycles. The molecule has 2 fully saturated rings. The maximum atomic E-state index is 12.2. The van der Waals surface area contributed by atoms with Crippen LogP contribution in [0.4, 0.5) is 0 Å². The Bertz CT molecular complexity index is 471. The summed E-state index contributed by atoms with van der Waals surface area (Å²) in [5.41, 5.74) is 0. The molecule has 7 heteroatoms. The molecule has 0 radical (unpaired) electrons. The highest BCUT2D eigenvalue weighted by atomic mass is 16.2. The predicted molar refractivity (Wildman–Crippen MR) is 85.5 cm³/mol. The van der Waals surface area contributed by atoms with Gasteiger partial charge in [0.25, 0.3) is 0 Å². The zero-order chi connectivity index (χ0) is 16.1. The molecule has 0 atom stereocenters. The van der Waals surface area contributed by atoms with Gasteiger partial charge >= 0.3 is 0 Å². The minimum atomic E-state index is -0.0687. The van der Waals surface area contributed by atoms with E-state index in [0.29, 0.717) is 25.1 Å². The Hall–Kier alpha value is -2.05. The lowest BCUT2D eigenvalue weighted by molar-refractivity contribution is -0.135. The van der Waals surface area contributed by atoms with E-state index in [1.807, 2.05) is 9.80 Å². The third-order valence-electron chi connectivity index (χ3n) is 3.81. The highest BCUT2D eigenvalue weighted by Crippen LogP contribution is 2.27. The summed E-state index contributed by atoms with van der Waals surface area (Å²) < 4.78 is 0. The van der Waals surface area contributed by atoms with Crippen molar-refractivity contribution in [2.45, 2.75) is 18.9 Å². The van der Waals surface area contributed by atoms with Crippen molar-refractivity contribution >= 4 is 17.8 Å². The van der Waals surface area contributed by atoms with Crippen LogP contribution < -0.4 is 5.32 Å².